The summed E-state index contributed by atoms with van der Waals surface area (Å²) >= 11 is 0. The Morgan fingerprint density at radius 3 is 2.50 bits per heavy atom. The molecule has 120 valence electrons. The topological polar surface area (TPSA) is 125 Å². The van der Waals surface area contributed by atoms with Crippen molar-refractivity contribution in [2.45, 2.75) is 26.3 Å². The first-order valence-electron chi connectivity index (χ1n) is 6.68. The zero-order valence-electron chi connectivity index (χ0n) is 12.7. The summed E-state index contributed by atoms with van der Waals surface area (Å²) in [5, 5.41) is 13.9. The number of anilines is 1. The van der Waals surface area contributed by atoms with E-state index in [9.17, 15) is 19.7 Å². The van der Waals surface area contributed by atoms with Crippen molar-refractivity contribution in [3.63, 3.8) is 0 Å². The number of amides is 1. The molecule has 8 nitrogen and oxygen atoms in total. The van der Waals surface area contributed by atoms with E-state index in [1.54, 1.807) is 0 Å². The summed E-state index contributed by atoms with van der Waals surface area (Å²) in [7, 11) is 1.25. The summed E-state index contributed by atoms with van der Waals surface area (Å²) in [5.74, 6) is -1.09. The highest BCUT2D eigenvalue weighted by molar-refractivity contribution is 5.94. The van der Waals surface area contributed by atoms with Gasteiger partial charge in [-0.3, -0.25) is 14.9 Å². The maximum absolute atomic E-state index is 11.8. The third kappa shape index (κ3) is 4.44. The second kappa shape index (κ2) is 7.39. The van der Waals surface area contributed by atoms with Crippen LogP contribution >= 0.6 is 0 Å². The van der Waals surface area contributed by atoms with Gasteiger partial charge in [0.05, 0.1) is 12.0 Å². The molecular formula is C14H19N3O5. The Balaban J connectivity index is 3.15. The highest BCUT2D eigenvalue weighted by Crippen LogP contribution is 2.27. The van der Waals surface area contributed by atoms with Crippen LogP contribution in [0.2, 0.25) is 0 Å². The van der Waals surface area contributed by atoms with Gasteiger partial charge < -0.3 is 15.8 Å². The van der Waals surface area contributed by atoms with Crippen molar-refractivity contribution in [1.29, 1.82) is 0 Å². The Hall–Kier alpha value is -2.64. The molecule has 0 spiro atoms. The minimum absolute atomic E-state index is 0.0238. The van der Waals surface area contributed by atoms with Crippen LogP contribution in [0.3, 0.4) is 0 Å². The average molecular weight is 309 g/mol. The van der Waals surface area contributed by atoms with E-state index in [-0.39, 0.29) is 22.9 Å². The molecule has 1 rings (SSSR count). The van der Waals surface area contributed by atoms with E-state index in [2.05, 4.69) is 5.32 Å². The number of primary amides is 1. The first-order chi connectivity index (χ1) is 10.3. The number of ether oxygens (including phenoxy) is 1. The van der Waals surface area contributed by atoms with E-state index in [1.807, 2.05) is 13.8 Å². The lowest BCUT2D eigenvalue weighted by Crippen LogP contribution is -2.32. The van der Waals surface area contributed by atoms with Crippen molar-refractivity contribution >= 4 is 23.3 Å². The quantitative estimate of drug-likeness (QED) is 0.448. The second-order valence-corrected chi connectivity index (χ2v) is 5.20. The molecule has 0 bridgehead atoms. The van der Waals surface area contributed by atoms with Crippen molar-refractivity contribution < 1.29 is 19.2 Å². The zero-order chi connectivity index (χ0) is 16.9. The number of nitrogens with two attached hydrogens (primary N) is 1. The van der Waals surface area contributed by atoms with Gasteiger partial charge in [-0.15, -0.1) is 0 Å². The van der Waals surface area contributed by atoms with Crippen LogP contribution in [0.1, 0.15) is 30.6 Å². The lowest BCUT2D eigenvalue weighted by molar-refractivity contribution is -0.384. The molecule has 0 aliphatic carbocycles. The molecule has 8 heteroatoms. The van der Waals surface area contributed by atoms with Crippen LogP contribution in [0.4, 0.5) is 11.4 Å². The summed E-state index contributed by atoms with van der Waals surface area (Å²) < 4.78 is 4.70. The van der Waals surface area contributed by atoms with E-state index in [4.69, 9.17) is 10.5 Å². The molecule has 0 radical (unpaired) electrons. The van der Waals surface area contributed by atoms with Crippen LogP contribution in [0.5, 0.6) is 0 Å². The smallest absolute Gasteiger partial charge is 0.328 e. The van der Waals surface area contributed by atoms with Crippen LogP contribution in [-0.4, -0.2) is 30.0 Å². The number of nitro benzene ring substituents is 1. The third-order valence-electron chi connectivity index (χ3n) is 3.00. The minimum atomic E-state index is -0.763. The lowest BCUT2D eigenvalue weighted by Gasteiger charge is -2.19. The number of hydrogen-bond donors (Lipinski definition) is 2. The van der Waals surface area contributed by atoms with Gasteiger partial charge >= 0.3 is 5.97 Å². The van der Waals surface area contributed by atoms with Crippen molar-refractivity contribution in [3.8, 4) is 0 Å². The van der Waals surface area contributed by atoms with E-state index >= 15 is 0 Å². The van der Waals surface area contributed by atoms with Crippen LogP contribution in [0.25, 0.3) is 0 Å². The van der Waals surface area contributed by atoms with Crippen LogP contribution in [0.15, 0.2) is 18.2 Å². The molecule has 0 unspecified atom stereocenters. The van der Waals surface area contributed by atoms with Crippen LogP contribution in [-0.2, 0) is 9.53 Å². The number of esters is 1. The van der Waals surface area contributed by atoms with Crippen molar-refractivity contribution in [2.24, 2.45) is 11.7 Å². The molecule has 3 N–H and O–H groups in total. The number of methoxy groups -OCH3 is 1. The largest absolute Gasteiger partial charge is 0.467 e. The lowest BCUT2D eigenvalue weighted by atomic mass is 10.0. The van der Waals surface area contributed by atoms with Gasteiger partial charge in [0, 0.05) is 11.6 Å². The van der Waals surface area contributed by atoms with Gasteiger partial charge in [0.25, 0.3) is 5.69 Å². The molecule has 0 aliphatic heterocycles. The van der Waals surface area contributed by atoms with E-state index in [1.165, 1.54) is 19.2 Å². The molecule has 0 heterocycles. The molecule has 0 saturated heterocycles. The summed E-state index contributed by atoms with van der Waals surface area (Å²) in [6.07, 6.45) is 0.446. The normalized spacial score (nSPS) is 11.8. The van der Waals surface area contributed by atoms with Gasteiger partial charge in [-0.05, 0) is 24.5 Å². The highest BCUT2D eigenvalue weighted by Gasteiger charge is 2.24. The maximum Gasteiger partial charge on any atom is 0.328 e. The summed E-state index contributed by atoms with van der Waals surface area (Å²) in [6.45, 7) is 3.84. The fourth-order valence-electron chi connectivity index (χ4n) is 1.97. The Morgan fingerprint density at radius 1 is 1.41 bits per heavy atom. The van der Waals surface area contributed by atoms with Crippen LogP contribution in [0, 0.1) is 16.0 Å². The van der Waals surface area contributed by atoms with Gasteiger partial charge in [0.2, 0.25) is 5.91 Å². The summed E-state index contributed by atoms with van der Waals surface area (Å²) in [5.41, 5.74) is 4.94. The van der Waals surface area contributed by atoms with E-state index in [0.29, 0.717) is 6.42 Å². The molecule has 0 aliphatic rings. The summed E-state index contributed by atoms with van der Waals surface area (Å²) in [4.78, 5) is 33.4. The average Bonchev–Trinajstić information content (AvgIpc) is 2.45. The van der Waals surface area contributed by atoms with Gasteiger partial charge in [-0.1, -0.05) is 13.8 Å². The Bertz CT molecular complexity index is 586. The van der Waals surface area contributed by atoms with Gasteiger partial charge in [0.15, 0.2) is 0 Å². The molecule has 0 aromatic heterocycles. The monoisotopic (exact) mass is 309 g/mol. The molecule has 1 amide bonds. The summed E-state index contributed by atoms with van der Waals surface area (Å²) in [6, 6.07) is 3.08. The van der Waals surface area contributed by atoms with Gasteiger partial charge in [-0.2, -0.15) is 0 Å². The SMILES string of the molecule is COC(=O)[C@H](CC(C)C)Nc1ccc(C(N)=O)cc1[N+](=O)[O-]. The maximum atomic E-state index is 11.8. The Labute approximate surface area is 127 Å². The molecule has 22 heavy (non-hydrogen) atoms. The molecular weight excluding hydrogens is 290 g/mol. The minimum Gasteiger partial charge on any atom is -0.467 e. The first kappa shape index (κ1) is 17.4. The fourth-order valence-corrected chi connectivity index (χ4v) is 1.97. The van der Waals surface area contributed by atoms with Crippen LogP contribution < -0.4 is 11.1 Å². The van der Waals surface area contributed by atoms with Gasteiger partial charge in [-0.25, -0.2) is 4.79 Å². The predicted octanol–water partition coefficient (Wildman–Crippen LogP) is 1.69. The number of hydrogen-bond acceptors (Lipinski definition) is 6. The molecule has 0 saturated carbocycles. The highest BCUT2D eigenvalue weighted by atomic mass is 16.6. The number of nitrogens with zero attached hydrogens (tertiary/aromatic N) is 1. The van der Waals surface area contributed by atoms with Crippen molar-refractivity contribution in [1.82, 2.24) is 0 Å². The van der Waals surface area contributed by atoms with Crippen molar-refractivity contribution in [3.05, 3.63) is 33.9 Å². The number of benzene rings is 1. The standard InChI is InChI=1S/C14H19N3O5/c1-8(2)6-11(14(19)22-3)16-10-5-4-9(13(15)18)7-12(10)17(20)21/h4-5,7-8,11,16H,6H2,1-3H3,(H2,15,18)/t11-/m0/s1. The number of carbonyl (C=O) groups excluding carboxylic acids is 2. The number of nitro groups is 1. The zero-order valence-corrected chi connectivity index (χ0v) is 12.7. The van der Waals surface area contributed by atoms with E-state index < -0.39 is 22.8 Å². The fraction of sp³-hybridized carbons (Fsp3) is 0.429. The molecule has 1 aromatic rings. The van der Waals surface area contributed by atoms with Crippen molar-refractivity contribution in [2.75, 3.05) is 12.4 Å². The first-order valence-corrected chi connectivity index (χ1v) is 6.68. The second-order valence-electron chi connectivity index (χ2n) is 5.20. The predicted molar refractivity (Wildman–Crippen MR) is 80.5 cm³/mol. The third-order valence-corrected chi connectivity index (χ3v) is 3.00. The van der Waals surface area contributed by atoms with Gasteiger partial charge in [0.1, 0.15) is 11.7 Å². The Kier molecular flexibility index (Phi) is 5.85. The van der Waals surface area contributed by atoms with E-state index in [0.717, 1.165) is 6.07 Å². The molecule has 1 atom stereocenters. The molecule has 1 aromatic carbocycles. The molecule has 0 fully saturated rings. The Morgan fingerprint density at radius 2 is 2.05 bits per heavy atom. The number of rotatable bonds is 7. The number of carbonyl (C=O) groups is 2. The number of nitrogens with one attached hydrogen (secondary N) is 1.